The van der Waals surface area contributed by atoms with Crippen LogP contribution >= 0.6 is 11.8 Å². The molecule has 9 nitrogen and oxygen atoms in total. The average Bonchev–Trinajstić information content (AvgIpc) is 3.14. The first-order chi connectivity index (χ1) is 15.9. The number of carbonyl (C=O) groups excluding carboxylic acids is 2. The Kier molecular flexibility index (Phi) is 7.14. The molecule has 2 amide bonds. The van der Waals surface area contributed by atoms with Crippen molar-refractivity contribution in [1.82, 2.24) is 15.3 Å². The van der Waals surface area contributed by atoms with E-state index in [0.29, 0.717) is 29.7 Å². The molecule has 10 heteroatoms. The zero-order valence-corrected chi connectivity index (χ0v) is 19.9. The summed E-state index contributed by atoms with van der Waals surface area (Å²) in [4.78, 5) is 39.9. The number of hydrogen-bond donors (Lipinski definition) is 1. The summed E-state index contributed by atoms with van der Waals surface area (Å²) in [5.41, 5.74) is 3.05. The lowest BCUT2D eigenvalue weighted by molar-refractivity contribution is -0.115. The van der Waals surface area contributed by atoms with Crippen LogP contribution < -0.4 is 20.0 Å². The van der Waals surface area contributed by atoms with Crippen LogP contribution in [0.3, 0.4) is 0 Å². The molecule has 0 spiro atoms. The van der Waals surface area contributed by atoms with Crippen LogP contribution in [0.5, 0.6) is 0 Å². The van der Waals surface area contributed by atoms with E-state index in [1.165, 1.54) is 11.3 Å². The van der Waals surface area contributed by atoms with Gasteiger partial charge in [0.2, 0.25) is 5.95 Å². The molecule has 4 rings (SSSR count). The molecule has 0 atom stereocenters. The van der Waals surface area contributed by atoms with Gasteiger partial charge in [0, 0.05) is 58.6 Å². The smallest absolute Gasteiger partial charge is 0.290 e. The van der Waals surface area contributed by atoms with E-state index in [0.717, 1.165) is 43.8 Å². The van der Waals surface area contributed by atoms with Crippen molar-refractivity contribution in [2.24, 2.45) is 0 Å². The number of ether oxygens (including phenoxy) is 1. The molecule has 2 aromatic rings. The van der Waals surface area contributed by atoms with Crippen LogP contribution in [0.2, 0.25) is 0 Å². The number of nitrogens with zero attached hydrogens (tertiary/aromatic N) is 5. The standard InChI is InChI=1S/C23H28N6O3S/c1-16-4-6-18(7-5-16)28-8-10-29(11-9-28)22-24-17(14-19-21(30)26-23(31)33-19)15-20(25-22)27(2)12-13-32-3/h4-7,14-15H,8-13H2,1-3H3,(H,26,30,31). The number of aryl methyl sites for hydroxylation is 1. The molecular formula is C23H28N6O3S. The summed E-state index contributed by atoms with van der Waals surface area (Å²) in [6, 6.07) is 10.4. The number of thioether (sulfide) groups is 1. The van der Waals surface area contributed by atoms with Gasteiger partial charge in [-0.3, -0.25) is 14.9 Å². The SMILES string of the molecule is COCCN(C)c1cc(C=C2SC(=O)NC2=O)nc(N2CCN(c3ccc(C)cc3)CC2)n1. The number of piperazine rings is 1. The van der Waals surface area contributed by atoms with E-state index >= 15 is 0 Å². The van der Waals surface area contributed by atoms with Crippen LogP contribution in [-0.2, 0) is 9.53 Å². The Balaban J connectivity index is 1.56. The van der Waals surface area contributed by atoms with E-state index in [1.54, 1.807) is 13.2 Å². The molecule has 2 saturated heterocycles. The Morgan fingerprint density at radius 1 is 1.12 bits per heavy atom. The monoisotopic (exact) mass is 468 g/mol. The fourth-order valence-corrected chi connectivity index (χ4v) is 4.34. The van der Waals surface area contributed by atoms with Crippen LogP contribution in [-0.4, -0.2) is 74.6 Å². The van der Waals surface area contributed by atoms with Gasteiger partial charge in [-0.2, -0.15) is 4.98 Å². The molecule has 0 unspecified atom stereocenters. The van der Waals surface area contributed by atoms with Crippen molar-refractivity contribution in [3.8, 4) is 0 Å². The molecule has 0 aliphatic carbocycles. The number of likely N-dealkylation sites (N-methyl/N-ethyl adjacent to an activating group) is 1. The third-order valence-electron chi connectivity index (χ3n) is 5.63. The zero-order valence-electron chi connectivity index (χ0n) is 19.1. The molecule has 2 aliphatic rings. The number of nitrogens with one attached hydrogen (secondary N) is 1. The molecular weight excluding hydrogens is 440 g/mol. The molecule has 2 fully saturated rings. The second kappa shape index (κ2) is 10.2. The fourth-order valence-electron chi connectivity index (χ4n) is 3.67. The van der Waals surface area contributed by atoms with E-state index in [2.05, 4.69) is 46.3 Å². The van der Waals surface area contributed by atoms with Crippen LogP contribution in [0.1, 0.15) is 11.3 Å². The predicted molar refractivity (Wildman–Crippen MR) is 132 cm³/mol. The van der Waals surface area contributed by atoms with E-state index in [-0.39, 0.29) is 5.24 Å². The lowest BCUT2D eigenvalue weighted by atomic mass is 10.2. The maximum Gasteiger partial charge on any atom is 0.290 e. The van der Waals surface area contributed by atoms with E-state index in [9.17, 15) is 9.59 Å². The van der Waals surface area contributed by atoms with Crippen LogP contribution in [0, 0.1) is 6.92 Å². The summed E-state index contributed by atoms with van der Waals surface area (Å²) in [6.45, 7) is 6.60. The van der Waals surface area contributed by atoms with E-state index < -0.39 is 5.91 Å². The summed E-state index contributed by atoms with van der Waals surface area (Å²) < 4.78 is 5.20. The highest BCUT2D eigenvalue weighted by Gasteiger charge is 2.26. The minimum Gasteiger partial charge on any atom is -0.383 e. The Labute approximate surface area is 197 Å². The van der Waals surface area contributed by atoms with Crippen molar-refractivity contribution in [2.75, 3.05) is 68.2 Å². The van der Waals surface area contributed by atoms with Crippen molar-refractivity contribution in [1.29, 1.82) is 0 Å². The number of imide groups is 1. The first-order valence-corrected chi connectivity index (χ1v) is 11.6. The molecule has 33 heavy (non-hydrogen) atoms. The van der Waals surface area contributed by atoms with Gasteiger partial charge in [-0.25, -0.2) is 4.98 Å². The molecule has 1 aromatic heterocycles. The minimum atomic E-state index is -0.397. The van der Waals surface area contributed by atoms with Crippen molar-refractivity contribution >= 4 is 46.4 Å². The Bertz CT molecular complexity index is 1050. The fraction of sp³-hybridized carbons (Fsp3) is 0.391. The lowest BCUT2D eigenvalue weighted by Crippen LogP contribution is -2.47. The zero-order chi connectivity index (χ0) is 23.4. The van der Waals surface area contributed by atoms with Crippen LogP contribution in [0.15, 0.2) is 35.2 Å². The van der Waals surface area contributed by atoms with Gasteiger partial charge in [0.1, 0.15) is 5.82 Å². The first-order valence-electron chi connectivity index (χ1n) is 10.8. The van der Waals surface area contributed by atoms with Gasteiger partial charge in [0.05, 0.1) is 17.2 Å². The van der Waals surface area contributed by atoms with Crippen molar-refractivity contribution in [2.45, 2.75) is 6.92 Å². The van der Waals surface area contributed by atoms with Crippen LogP contribution in [0.4, 0.5) is 22.2 Å². The van der Waals surface area contributed by atoms with Crippen molar-refractivity contribution in [3.05, 3.63) is 46.5 Å². The number of anilines is 3. The van der Waals surface area contributed by atoms with Gasteiger partial charge >= 0.3 is 0 Å². The summed E-state index contributed by atoms with van der Waals surface area (Å²) in [7, 11) is 3.60. The highest BCUT2D eigenvalue weighted by molar-refractivity contribution is 8.18. The maximum atomic E-state index is 12.0. The topological polar surface area (TPSA) is 90.9 Å². The number of benzene rings is 1. The molecule has 3 heterocycles. The van der Waals surface area contributed by atoms with Crippen molar-refractivity contribution in [3.63, 3.8) is 0 Å². The minimum absolute atomic E-state index is 0.333. The largest absolute Gasteiger partial charge is 0.383 e. The number of aromatic nitrogens is 2. The molecule has 174 valence electrons. The summed E-state index contributed by atoms with van der Waals surface area (Å²) in [5, 5.41) is 1.91. The van der Waals surface area contributed by atoms with Gasteiger partial charge in [-0.15, -0.1) is 0 Å². The molecule has 0 bridgehead atoms. The van der Waals surface area contributed by atoms with Gasteiger partial charge in [0.15, 0.2) is 0 Å². The average molecular weight is 469 g/mol. The van der Waals surface area contributed by atoms with E-state index in [1.807, 2.05) is 18.0 Å². The van der Waals surface area contributed by atoms with Crippen molar-refractivity contribution < 1.29 is 14.3 Å². The van der Waals surface area contributed by atoms with Crippen LogP contribution in [0.25, 0.3) is 6.08 Å². The summed E-state index contributed by atoms with van der Waals surface area (Å²) in [5.74, 6) is 0.952. The number of carbonyl (C=O) groups is 2. The Hall–Kier alpha value is -3.11. The molecule has 1 aromatic carbocycles. The van der Waals surface area contributed by atoms with Gasteiger partial charge in [0.25, 0.3) is 11.1 Å². The third-order valence-corrected chi connectivity index (χ3v) is 6.44. The second-order valence-electron chi connectivity index (χ2n) is 8.03. The quantitative estimate of drug-likeness (QED) is 0.616. The summed E-state index contributed by atoms with van der Waals surface area (Å²) >= 11 is 0.884. The molecule has 0 radical (unpaired) electrons. The normalized spacial score (nSPS) is 17.6. The van der Waals surface area contributed by atoms with Gasteiger partial charge in [-0.1, -0.05) is 17.7 Å². The molecule has 1 N–H and O–H groups in total. The summed E-state index contributed by atoms with van der Waals surface area (Å²) in [6.07, 6.45) is 1.65. The molecule has 0 saturated carbocycles. The number of amides is 2. The van der Waals surface area contributed by atoms with E-state index in [4.69, 9.17) is 14.7 Å². The lowest BCUT2D eigenvalue weighted by Gasteiger charge is -2.36. The highest BCUT2D eigenvalue weighted by Crippen LogP contribution is 2.27. The Morgan fingerprint density at radius 2 is 1.82 bits per heavy atom. The maximum absolute atomic E-state index is 12.0. The highest BCUT2D eigenvalue weighted by atomic mass is 32.2. The van der Waals surface area contributed by atoms with Gasteiger partial charge in [-0.05, 0) is 36.9 Å². The predicted octanol–water partition coefficient (Wildman–Crippen LogP) is 2.52. The second-order valence-corrected chi connectivity index (χ2v) is 9.04. The Morgan fingerprint density at radius 3 is 2.45 bits per heavy atom. The number of hydrogen-bond acceptors (Lipinski definition) is 9. The number of rotatable bonds is 7. The molecule has 2 aliphatic heterocycles. The number of methoxy groups -OCH3 is 1. The third kappa shape index (κ3) is 5.63. The van der Waals surface area contributed by atoms with Gasteiger partial charge < -0.3 is 19.4 Å². The first kappa shape index (κ1) is 23.1.